The highest BCUT2D eigenvalue weighted by molar-refractivity contribution is 5.81. The number of aryl methyl sites for hydroxylation is 1. The van der Waals surface area contributed by atoms with Gasteiger partial charge in [0.2, 0.25) is 0 Å². The van der Waals surface area contributed by atoms with Gasteiger partial charge in [0.15, 0.2) is 11.5 Å². The molecule has 1 fully saturated rings. The zero-order valence-electron chi connectivity index (χ0n) is 13.3. The van der Waals surface area contributed by atoms with Gasteiger partial charge in [0.1, 0.15) is 11.3 Å². The highest BCUT2D eigenvalue weighted by Gasteiger charge is 2.18. The molecule has 3 aromatic rings. The van der Waals surface area contributed by atoms with E-state index < -0.39 is 0 Å². The van der Waals surface area contributed by atoms with Crippen molar-refractivity contribution in [2.24, 2.45) is 0 Å². The molecular formula is C19H18N5. The van der Waals surface area contributed by atoms with Gasteiger partial charge in [-0.15, -0.1) is 0 Å². The smallest absolute Gasteiger partial charge is 0.166 e. The molecule has 2 heterocycles. The van der Waals surface area contributed by atoms with Gasteiger partial charge in [-0.1, -0.05) is 30.3 Å². The quantitative estimate of drug-likeness (QED) is 0.786. The molecule has 0 bridgehead atoms. The summed E-state index contributed by atoms with van der Waals surface area (Å²) in [5.41, 5.74) is 8.75. The van der Waals surface area contributed by atoms with Gasteiger partial charge in [-0.05, 0) is 43.6 Å². The molecule has 119 valence electrons. The van der Waals surface area contributed by atoms with E-state index in [9.17, 15) is 0 Å². The molecule has 0 aliphatic heterocycles. The summed E-state index contributed by atoms with van der Waals surface area (Å²) in [4.78, 5) is 13.5. The average molecular weight is 316 g/mol. The molecule has 4 rings (SSSR count). The molecular weight excluding hydrogens is 298 g/mol. The molecule has 24 heavy (non-hydrogen) atoms. The molecule has 5 nitrogen and oxygen atoms in total. The second-order valence-electron chi connectivity index (χ2n) is 5.85. The molecule has 2 N–H and O–H groups in total. The Morgan fingerprint density at radius 1 is 0.958 bits per heavy atom. The fraction of sp³-hybridized carbons (Fsp3) is 0.158. The van der Waals surface area contributed by atoms with Crippen molar-refractivity contribution >= 4 is 17.0 Å². The lowest BCUT2D eigenvalue weighted by Gasteiger charge is -2.08. The van der Waals surface area contributed by atoms with Gasteiger partial charge >= 0.3 is 0 Å². The molecule has 0 atom stereocenters. The van der Waals surface area contributed by atoms with Crippen LogP contribution in [0.15, 0.2) is 36.7 Å². The topological polar surface area (TPSA) is 69.6 Å². The van der Waals surface area contributed by atoms with Crippen LogP contribution in [0.1, 0.15) is 17.8 Å². The van der Waals surface area contributed by atoms with Crippen LogP contribution in [0.4, 0.5) is 5.82 Å². The van der Waals surface area contributed by atoms with Gasteiger partial charge in [0.05, 0.1) is 12.9 Å². The SMILES string of the molecule is Nc1nc(CC[C]2[CH][CH][CH][CH]2)nc2c1ncn2Cc1ccccc1. The summed E-state index contributed by atoms with van der Waals surface area (Å²) < 4.78 is 2.02. The predicted octanol–water partition coefficient (Wildman–Crippen LogP) is 2.79. The first-order valence-corrected chi connectivity index (χ1v) is 8.01. The minimum atomic E-state index is 0.448. The molecule has 2 aromatic heterocycles. The summed E-state index contributed by atoms with van der Waals surface area (Å²) in [5, 5.41) is 0. The van der Waals surface area contributed by atoms with Crippen molar-refractivity contribution in [1.82, 2.24) is 19.5 Å². The Balaban J connectivity index is 1.59. The maximum absolute atomic E-state index is 6.09. The predicted molar refractivity (Wildman–Crippen MR) is 94.0 cm³/mol. The minimum absolute atomic E-state index is 0.448. The number of nitrogens with two attached hydrogens (primary N) is 1. The van der Waals surface area contributed by atoms with E-state index in [0.717, 1.165) is 30.9 Å². The van der Waals surface area contributed by atoms with Gasteiger partial charge < -0.3 is 10.3 Å². The summed E-state index contributed by atoms with van der Waals surface area (Å²) in [5.74, 6) is 2.50. The monoisotopic (exact) mass is 316 g/mol. The number of benzene rings is 1. The van der Waals surface area contributed by atoms with Crippen LogP contribution in [-0.2, 0) is 13.0 Å². The number of nitrogens with zero attached hydrogens (tertiary/aromatic N) is 4. The lowest BCUT2D eigenvalue weighted by Crippen LogP contribution is -2.06. The van der Waals surface area contributed by atoms with Crippen LogP contribution in [0.5, 0.6) is 0 Å². The van der Waals surface area contributed by atoms with Gasteiger partial charge in [-0.3, -0.25) is 0 Å². The Kier molecular flexibility index (Phi) is 4.15. The first-order valence-electron chi connectivity index (χ1n) is 8.01. The number of aromatic nitrogens is 4. The number of nitrogen functional groups attached to an aromatic ring is 1. The van der Waals surface area contributed by atoms with Crippen molar-refractivity contribution in [2.75, 3.05) is 5.73 Å². The minimum Gasteiger partial charge on any atom is -0.382 e. The molecule has 1 aliphatic rings. The number of rotatable bonds is 5. The van der Waals surface area contributed by atoms with Crippen LogP contribution in [0.25, 0.3) is 11.2 Å². The van der Waals surface area contributed by atoms with Crippen molar-refractivity contribution in [3.8, 4) is 0 Å². The Bertz CT molecular complexity index is 818. The van der Waals surface area contributed by atoms with Crippen LogP contribution in [0.3, 0.4) is 0 Å². The van der Waals surface area contributed by atoms with E-state index in [1.165, 1.54) is 11.5 Å². The third-order valence-electron chi connectivity index (χ3n) is 4.10. The van der Waals surface area contributed by atoms with E-state index in [4.69, 9.17) is 10.7 Å². The third kappa shape index (κ3) is 3.11. The summed E-state index contributed by atoms with van der Waals surface area (Å²) in [7, 11) is 0. The number of fused-ring (bicyclic) bond motifs is 1. The lowest BCUT2D eigenvalue weighted by atomic mass is 10.0. The molecule has 0 amide bonds. The van der Waals surface area contributed by atoms with Gasteiger partial charge in [-0.2, -0.15) is 0 Å². The van der Waals surface area contributed by atoms with Crippen molar-refractivity contribution in [3.63, 3.8) is 0 Å². The van der Waals surface area contributed by atoms with E-state index in [-0.39, 0.29) is 0 Å². The normalized spacial score (nSPS) is 15.3. The average Bonchev–Trinajstić information content (AvgIpc) is 3.25. The van der Waals surface area contributed by atoms with Gasteiger partial charge in [0, 0.05) is 6.42 Å². The van der Waals surface area contributed by atoms with E-state index in [0.29, 0.717) is 11.3 Å². The van der Waals surface area contributed by atoms with Crippen LogP contribution in [0.2, 0.25) is 0 Å². The lowest BCUT2D eigenvalue weighted by molar-refractivity contribution is 0.789. The fourth-order valence-corrected chi connectivity index (χ4v) is 2.86. The number of hydrogen-bond acceptors (Lipinski definition) is 4. The highest BCUT2D eigenvalue weighted by atomic mass is 15.1. The zero-order chi connectivity index (χ0) is 16.4. The summed E-state index contributed by atoms with van der Waals surface area (Å²) >= 11 is 0. The highest BCUT2D eigenvalue weighted by Crippen LogP contribution is 2.27. The molecule has 1 saturated carbocycles. The second-order valence-corrected chi connectivity index (χ2v) is 5.85. The molecule has 0 saturated heterocycles. The standard InChI is InChI=1S/C19H18N5/c20-18-17-19(23-16(22-18)11-10-14-6-4-5-7-14)24(13-21-17)12-15-8-2-1-3-9-15/h1-9,13H,10-12H2,(H2,20,22,23). The van der Waals surface area contributed by atoms with Crippen molar-refractivity contribution in [1.29, 1.82) is 0 Å². The molecule has 0 unspecified atom stereocenters. The van der Waals surface area contributed by atoms with Crippen molar-refractivity contribution < 1.29 is 0 Å². The number of anilines is 1. The van der Waals surface area contributed by atoms with Crippen molar-refractivity contribution in [3.05, 3.63) is 79.6 Å². The summed E-state index contributed by atoms with van der Waals surface area (Å²) in [6.07, 6.45) is 11.8. The number of hydrogen-bond donors (Lipinski definition) is 1. The van der Waals surface area contributed by atoms with Gasteiger partial charge in [-0.25, -0.2) is 15.0 Å². The molecule has 1 aromatic carbocycles. The Hall–Kier alpha value is -2.43. The van der Waals surface area contributed by atoms with Crippen LogP contribution in [0, 0.1) is 31.6 Å². The van der Waals surface area contributed by atoms with Crippen LogP contribution in [-0.4, -0.2) is 19.5 Å². The van der Waals surface area contributed by atoms with E-state index in [2.05, 4.69) is 34.9 Å². The molecule has 5 heteroatoms. The summed E-state index contributed by atoms with van der Waals surface area (Å²) in [6.45, 7) is 0.718. The Morgan fingerprint density at radius 3 is 2.54 bits per heavy atom. The molecule has 0 spiro atoms. The third-order valence-corrected chi connectivity index (χ3v) is 4.10. The first kappa shape index (κ1) is 15.1. The molecule has 5 radical (unpaired) electrons. The van der Waals surface area contributed by atoms with E-state index in [1.54, 1.807) is 6.33 Å². The largest absolute Gasteiger partial charge is 0.382 e. The first-order chi connectivity index (χ1) is 11.8. The fourth-order valence-electron chi connectivity index (χ4n) is 2.86. The van der Waals surface area contributed by atoms with Crippen LogP contribution < -0.4 is 5.73 Å². The van der Waals surface area contributed by atoms with Crippen LogP contribution >= 0.6 is 0 Å². The van der Waals surface area contributed by atoms with Gasteiger partial charge in [0.25, 0.3) is 0 Å². The maximum atomic E-state index is 6.09. The maximum Gasteiger partial charge on any atom is 0.166 e. The second kappa shape index (κ2) is 6.59. The Labute approximate surface area is 142 Å². The van der Waals surface area contributed by atoms with Crippen molar-refractivity contribution in [2.45, 2.75) is 19.4 Å². The van der Waals surface area contributed by atoms with E-state index in [1.807, 2.05) is 35.6 Å². The zero-order valence-corrected chi connectivity index (χ0v) is 13.3. The summed E-state index contributed by atoms with van der Waals surface area (Å²) in [6, 6.07) is 10.3. The Morgan fingerprint density at radius 2 is 1.75 bits per heavy atom. The van der Waals surface area contributed by atoms with E-state index >= 15 is 0 Å². The number of imidazole rings is 1. The molecule has 1 aliphatic carbocycles.